The van der Waals surface area contributed by atoms with Crippen molar-refractivity contribution in [3.63, 3.8) is 0 Å². The van der Waals surface area contributed by atoms with Crippen LogP contribution in [0.1, 0.15) is 36.9 Å². The molecule has 0 radical (unpaired) electrons. The van der Waals surface area contributed by atoms with Gasteiger partial charge in [0.2, 0.25) is 17.7 Å². The summed E-state index contributed by atoms with van der Waals surface area (Å²) in [6, 6.07) is 3.44. The Morgan fingerprint density at radius 1 is 1.12 bits per heavy atom. The molecule has 15 heteroatoms. The normalized spacial score (nSPS) is 16.8. The lowest BCUT2D eigenvalue weighted by Gasteiger charge is -2.30. The van der Waals surface area contributed by atoms with E-state index in [2.05, 4.69) is 30.6 Å². The van der Waals surface area contributed by atoms with Crippen molar-refractivity contribution in [3.8, 4) is 0 Å². The van der Waals surface area contributed by atoms with Gasteiger partial charge in [-0.05, 0) is 37.3 Å². The lowest BCUT2D eigenvalue weighted by atomic mass is 10.0. The first-order chi connectivity index (χ1) is 20.6. The molecule has 0 saturated carbocycles. The fraction of sp³-hybridized carbons (Fsp3) is 0.429. The topological polar surface area (TPSA) is 251 Å². The number of H-pyrrole nitrogens is 2. The van der Waals surface area contributed by atoms with Crippen LogP contribution in [0.2, 0.25) is 0 Å². The Labute approximate surface area is 247 Å². The number of carboxylic acid groups (broad SMARTS) is 1. The van der Waals surface area contributed by atoms with Crippen molar-refractivity contribution in [1.29, 1.82) is 0 Å². The van der Waals surface area contributed by atoms with E-state index in [1.165, 1.54) is 17.4 Å². The smallest absolute Gasteiger partial charge is 0.326 e. The number of hydrogen-bond acceptors (Lipinski definition) is 7. The number of aliphatic carboxylic acids is 1. The molecule has 1 aliphatic heterocycles. The molecule has 0 bridgehead atoms. The second-order valence-corrected chi connectivity index (χ2v) is 10.6. The van der Waals surface area contributed by atoms with E-state index < -0.39 is 47.9 Å². The number of para-hydroxylation sites is 1. The van der Waals surface area contributed by atoms with Gasteiger partial charge in [-0.25, -0.2) is 9.78 Å². The summed E-state index contributed by atoms with van der Waals surface area (Å²) in [6.07, 6.45) is 6.52. The minimum absolute atomic E-state index is 0.0555. The monoisotopic (exact) mass is 594 g/mol. The maximum absolute atomic E-state index is 13.8. The van der Waals surface area contributed by atoms with Gasteiger partial charge < -0.3 is 47.8 Å². The van der Waals surface area contributed by atoms with E-state index in [1.54, 1.807) is 6.20 Å². The second-order valence-electron chi connectivity index (χ2n) is 10.6. The minimum Gasteiger partial charge on any atom is -0.480 e. The fourth-order valence-corrected chi connectivity index (χ4v) is 5.24. The SMILES string of the molecule is NC(N)=NCCCC(N)C(=O)NC(Cc1cnc[nH]1)C(=O)N1CCCC1C(=O)NC(Cc1c[nH]c2ccccc12)C(=O)O. The summed E-state index contributed by atoms with van der Waals surface area (Å²) >= 11 is 0. The molecule has 4 rings (SSSR count). The van der Waals surface area contributed by atoms with E-state index in [-0.39, 0.29) is 31.8 Å². The summed E-state index contributed by atoms with van der Waals surface area (Å²) < 4.78 is 0. The molecule has 0 spiro atoms. The molecule has 1 fully saturated rings. The molecule has 0 aliphatic carbocycles. The number of aliphatic imine (C=N–C) groups is 1. The van der Waals surface area contributed by atoms with E-state index in [1.807, 2.05) is 24.3 Å². The third kappa shape index (κ3) is 8.09. The van der Waals surface area contributed by atoms with E-state index in [9.17, 15) is 24.3 Å². The number of carboxylic acids is 1. The van der Waals surface area contributed by atoms with Crippen molar-refractivity contribution in [1.82, 2.24) is 30.5 Å². The van der Waals surface area contributed by atoms with Crippen LogP contribution in [0.15, 0.2) is 48.0 Å². The largest absolute Gasteiger partial charge is 0.480 e. The highest BCUT2D eigenvalue weighted by Crippen LogP contribution is 2.22. The highest BCUT2D eigenvalue weighted by molar-refractivity contribution is 5.95. The molecule has 1 aromatic carbocycles. The minimum atomic E-state index is -1.21. The molecule has 4 unspecified atom stereocenters. The predicted molar refractivity (Wildman–Crippen MR) is 158 cm³/mol. The van der Waals surface area contributed by atoms with Gasteiger partial charge >= 0.3 is 5.97 Å². The van der Waals surface area contributed by atoms with Gasteiger partial charge in [0, 0.05) is 54.9 Å². The molecular weight excluding hydrogens is 556 g/mol. The van der Waals surface area contributed by atoms with Crippen LogP contribution in [0.3, 0.4) is 0 Å². The first kappa shape index (κ1) is 31.0. The predicted octanol–water partition coefficient (Wildman–Crippen LogP) is -0.898. The number of aromatic nitrogens is 3. The molecule has 3 heterocycles. The fourth-order valence-electron chi connectivity index (χ4n) is 5.24. The Bertz CT molecular complexity index is 1450. The van der Waals surface area contributed by atoms with Gasteiger partial charge in [0.25, 0.3) is 0 Å². The molecule has 4 atom stereocenters. The molecule has 2 aromatic heterocycles. The molecule has 1 saturated heterocycles. The van der Waals surface area contributed by atoms with Gasteiger partial charge in [-0.1, -0.05) is 18.2 Å². The third-order valence-electron chi connectivity index (χ3n) is 7.45. The van der Waals surface area contributed by atoms with Crippen molar-refractivity contribution < 1.29 is 24.3 Å². The summed E-state index contributed by atoms with van der Waals surface area (Å²) in [5, 5.41) is 16.1. The number of carbonyl (C=O) groups is 4. The average molecular weight is 595 g/mol. The van der Waals surface area contributed by atoms with Gasteiger partial charge in [-0.2, -0.15) is 0 Å². The van der Waals surface area contributed by atoms with Crippen LogP contribution >= 0.6 is 0 Å². The Kier molecular flexibility index (Phi) is 10.3. The van der Waals surface area contributed by atoms with Crippen molar-refractivity contribution in [2.24, 2.45) is 22.2 Å². The standard InChI is InChI=1S/C28H38N10O5/c29-19(6-3-9-33-28(30)31)24(39)36-21(12-17-14-32-15-35-17)26(41)38-10-4-8-23(38)25(40)37-22(27(42)43)11-16-13-34-20-7-2-1-5-18(16)20/h1-2,5,7,13-15,19,21-23,34H,3-4,6,8-12,29H2,(H,32,35)(H,36,39)(H,37,40)(H,42,43)(H4,30,31,33). The zero-order valence-electron chi connectivity index (χ0n) is 23.7. The summed E-state index contributed by atoms with van der Waals surface area (Å²) in [7, 11) is 0. The Balaban J connectivity index is 1.44. The second kappa shape index (κ2) is 14.3. The van der Waals surface area contributed by atoms with E-state index in [0.717, 1.165) is 16.5 Å². The van der Waals surface area contributed by atoms with Crippen LogP contribution in [0, 0.1) is 0 Å². The number of imidazole rings is 1. The maximum atomic E-state index is 13.8. The number of rotatable bonds is 14. The molecular formula is C28H38N10O5. The van der Waals surface area contributed by atoms with Gasteiger partial charge in [-0.15, -0.1) is 0 Å². The van der Waals surface area contributed by atoms with E-state index in [4.69, 9.17) is 17.2 Å². The van der Waals surface area contributed by atoms with Crippen LogP contribution in [0.4, 0.5) is 0 Å². The zero-order valence-corrected chi connectivity index (χ0v) is 23.7. The molecule has 43 heavy (non-hydrogen) atoms. The lowest BCUT2D eigenvalue weighted by Crippen LogP contribution is -2.57. The number of hydrogen-bond donors (Lipinski definition) is 8. The summed E-state index contributed by atoms with van der Waals surface area (Å²) in [5.41, 5.74) is 18.9. The van der Waals surface area contributed by atoms with Gasteiger partial charge in [0.1, 0.15) is 18.1 Å². The quantitative estimate of drug-likeness (QED) is 0.0653. The number of likely N-dealkylation sites (tertiary alicyclic amines) is 1. The number of fused-ring (bicyclic) bond motifs is 1. The van der Waals surface area contributed by atoms with Crippen molar-refractivity contribution in [3.05, 3.63) is 54.2 Å². The molecule has 15 nitrogen and oxygen atoms in total. The zero-order chi connectivity index (χ0) is 30.9. The number of benzene rings is 1. The average Bonchev–Trinajstić information content (AvgIpc) is 3.75. The number of nitrogens with two attached hydrogens (primary N) is 3. The lowest BCUT2D eigenvalue weighted by molar-refractivity contribution is -0.144. The van der Waals surface area contributed by atoms with Crippen LogP contribution in [-0.2, 0) is 32.0 Å². The van der Waals surface area contributed by atoms with Gasteiger partial charge in [-0.3, -0.25) is 19.4 Å². The number of amides is 3. The van der Waals surface area contributed by atoms with Crippen LogP contribution < -0.4 is 27.8 Å². The van der Waals surface area contributed by atoms with Crippen molar-refractivity contribution >= 4 is 40.6 Å². The maximum Gasteiger partial charge on any atom is 0.326 e. The van der Waals surface area contributed by atoms with Crippen molar-refractivity contribution in [2.75, 3.05) is 13.1 Å². The highest BCUT2D eigenvalue weighted by atomic mass is 16.4. The van der Waals surface area contributed by atoms with Crippen molar-refractivity contribution in [2.45, 2.75) is 62.7 Å². The van der Waals surface area contributed by atoms with Crippen LogP contribution in [0.25, 0.3) is 10.9 Å². The Morgan fingerprint density at radius 2 is 1.91 bits per heavy atom. The van der Waals surface area contributed by atoms with E-state index in [0.29, 0.717) is 31.5 Å². The number of nitrogens with one attached hydrogen (secondary N) is 4. The molecule has 3 amide bonds. The summed E-state index contributed by atoms with van der Waals surface area (Å²) in [4.78, 5) is 67.6. The van der Waals surface area contributed by atoms with E-state index >= 15 is 0 Å². The first-order valence-electron chi connectivity index (χ1n) is 14.1. The van der Waals surface area contributed by atoms with Gasteiger partial charge in [0.05, 0.1) is 12.4 Å². The number of guanidine groups is 1. The molecule has 3 aromatic rings. The number of carbonyl (C=O) groups excluding carboxylic acids is 3. The first-order valence-corrected chi connectivity index (χ1v) is 14.1. The molecule has 230 valence electrons. The Morgan fingerprint density at radius 3 is 2.63 bits per heavy atom. The van der Waals surface area contributed by atoms with Crippen LogP contribution in [0.5, 0.6) is 0 Å². The molecule has 1 aliphatic rings. The number of nitrogens with zero attached hydrogens (tertiary/aromatic N) is 3. The summed E-state index contributed by atoms with van der Waals surface area (Å²) in [5.74, 6) is -2.82. The number of aromatic amines is 2. The Hall–Kier alpha value is -4.92. The van der Waals surface area contributed by atoms with Gasteiger partial charge in [0.15, 0.2) is 5.96 Å². The third-order valence-corrected chi connectivity index (χ3v) is 7.45. The summed E-state index contributed by atoms with van der Waals surface area (Å²) in [6.45, 7) is 0.582. The molecule has 11 N–H and O–H groups in total. The van der Waals surface area contributed by atoms with Crippen LogP contribution in [-0.4, -0.2) is 91.9 Å². The highest BCUT2D eigenvalue weighted by Gasteiger charge is 2.39.